The van der Waals surface area contributed by atoms with E-state index in [9.17, 15) is 0 Å². The molecule has 0 N–H and O–H groups in total. The fourth-order valence-electron chi connectivity index (χ4n) is 4.46. The average Bonchev–Trinajstić information content (AvgIpc) is 2.68. The molecule has 0 heterocycles. The number of rotatable bonds is 17. The van der Waals surface area contributed by atoms with Crippen molar-refractivity contribution in [3.8, 4) is 0 Å². The zero-order valence-corrected chi connectivity index (χ0v) is 19.2. The second kappa shape index (κ2) is 16.2. The van der Waals surface area contributed by atoms with Gasteiger partial charge in [0.25, 0.3) is 0 Å². The lowest BCUT2D eigenvalue weighted by molar-refractivity contribution is 0.575. The van der Waals surface area contributed by atoms with Crippen molar-refractivity contribution in [2.45, 2.75) is 137 Å². The van der Waals surface area contributed by atoms with E-state index in [2.05, 4.69) is 39.8 Å². The molecular formula is C27H48. The quantitative estimate of drug-likeness (QED) is 0.239. The Morgan fingerprint density at radius 3 is 1.48 bits per heavy atom. The first kappa shape index (κ1) is 24.3. The highest BCUT2D eigenvalue weighted by molar-refractivity contribution is 5.42. The van der Waals surface area contributed by atoms with E-state index in [0.717, 1.165) is 0 Å². The van der Waals surface area contributed by atoms with Crippen molar-refractivity contribution < 1.29 is 0 Å². The Morgan fingerprint density at radius 1 is 0.444 bits per heavy atom. The maximum absolute atomic E-state index is 2.47. The summed E-state index contributed by atoms with van der Waals surface area (Å²) in [5, 5.41) is 0. The summed E-state index contributed by atoms with van der Waals surface area (Å²) in [6, 6.07) is 4.94. The van der Waals surface area contributed by atoms with Gasteiger partial charge in [-0.2, -0.15) is 0 Å². The molecule has 0 unspecified atom stereocenters. The van der Waals surface area contributed by atoms with Crippen molar-refractivity contribution in [1.29, 1.82) is 0 Å². The van der Waals surface area contributed by atoms with Crippen LogP contribution in [0.4, 0.5) is 0 Å². The maximum Gasteiger partial charge on any atom is -0.0273 e. The van der Waals surface area contributed by atoms with Gasteiger partial charge in [-0.3, -0.25) is 0 Å². The molecule has 0 nitrogen and oxygen atoms in total. The SMILES string of the molecule is CCCCCCCCCCc1ccc(CCC)c(CCCCCC)c1CC. The first-order valence-corrected chi connectivity index (χ1v) is 12.4. The predicted molar refractivity (Wildman–Crippen MR) is 124 cm³/mol. The number of hydrogen-bond acceptors (Lipinski definition) is 0. The number of aryl methyl sites for hydroxylation is 2. The fourth-order valence-corrected chi connectivity index (χ4v) is 4.46. The van der Waals surface area contributed by atoms with E-state index in [1.165, 1.54) is 109 Å². The van der Waals surface area contributed by atoms with Crippen molar-refractivity contribution in [3.63, 3.8) is 0 Å². The van der Waals surface area contributed by atoms with E-state index < -0.39 is 0 Å². The lowest BCUT2D eigenvalue weighted by Crippen LogP contribution is -2.05. The third-order valence-corrected chi connectivity index (χ3v) is 6.08. The van der Waals surface area contributed by atoms with Crippen LogP contribution in [0.5, 0.6) is 0 Å². The molecule has 0 aliphatic rings. The van der Waals surface area contributed by atoms with Gasteiger partial charge in [-0.1, -0.05) is 110 Å². The first-order chi connectivity index (χ1) is 13.3. The van der Waals surface area contributed by atoms with Crippen molar-refractivity contribution >= 4 is 0 Å². The van der Waals surface area contributed by atoms with Crippen LogP contribution in [0, 0.1) is 0 Å². The van der Waals surface area contributed by atoms with Gasteiger partial charge in [0.05, 0.1) is 0 Å². The van der Waals surface area contributed by atoms with Gasteiger partial charge in [0.1, 0.15) is 0 Å². The normalized spacial score (nSPS) is 11.3. The Kier molecular flexibility index (Phi) is 14.6. The average molecular weight is 373 g/mol. The van der Waals surface area contributed by atoms with Gasteiger partial charge in [-0.25, -0.2) is 0 Å². The minimum Gasteiger partial charge on any atom is -0.0654 e. The molecule has 0 aliphatic heterocycles. The third kappa shape index (κ3) is 9.82. The van der Waals surface area contributed by atoms with Crippen molar-refractivity contribution in [1.82, 2.24) is 0 Å². The Labute approximate surface area is 171 Å². The van der Waals surface area contributed by atoms with Crippen LogP contribution in [0.3, 0.4) is 0 Å². The molecule has 1 rings (SSSR count). The summed E-state index contributed by atoms with van der Waals surface area (Å²) in [5.41, 5.74) is 6.74. The molecule has 1 aromatic rings. The predicted octanol–water partition coefficient (Wildman–Crippen LogP) is 9.01. The summed E-state index contributed by atoms with van der Waals surface area (Å²) in [7, 11) is 0. The molecule has 0 saturated heterocycles. The summed E-state index contributed by atoms with van der Waals surface area (Å²) >= 11 is 0. The van der Waals surface area contributed by atoms with Crippen LogP contribution in [0.25, 0.3) is 0 Å². The lowest BCUT2D eigenvalue weighted by Gasteiger charge is -2.18. The second-order valence-corrected chi connectivity index (χ2v) is 8.48. The van der Waals surface area contributed by atoms with Gasteiger partial charge in [0, 0.05) is 0 Å². The summed E-state index contributed by atoms with van der Waals surface area (Å²) < 4.78 is 0. The molecule has 1 aromatic carbocycles. The Hall–Kier alpha value is -0.780. The van der Waals surface area contributed by atoms with E-state index in [1.54, 1.807) is 22.3 Å². The van der Waals surface area contributed by atoms with Crippen molar-refractivity contribution in [2.75, 3.05) is 0 Å². The molecule has 0 saturated carbocycles. The van der Waals surface area contributed by atoms with Crippen LogP contribution in [0.1, 0.15) is 133 Å². The molecule has 0 atom stereocenters. The van der Waals surface area contributed by atoms with Crippen molar-refractivity contribution in [3.05, 3.63) is 34.4 Å². The lowest BCUT2D eigenvalue weighted by atomic mass is 9.87. The van der Waals surface area contributed by atoms with Crippen LogP contribution in [0.2, 0.25) is 0 Å². The molecule has 0 fully saturated rings. The third-order valence-electron chi connectivity index (χ3n) is 6.08. The van der Waals surface area contributed by atoms with Crippen LogP contribution < -0.4 is 0 Å². The molecule has 27 heavy (non-hydrogen) atoms. The molecule has 0 heteroatoms. The zero-order chi connectivity index (χ0) is 19.7. The maximum atomic E-state index is 2.47. The number of hydrogen-bond donors (Lipinski definition) is 0. The van der Waals surface area contributed by atoms with Crippen LogP contribution in [0.15, 0.2) is 12.1 Å². The Morgan fingerprint density at radius 2 is 0.926 bits per heavy atom. The highest BCUT2D eigenvalue weighted by atomic mass is 14.2. The molecular weight excluding hydrogens is 324 g/mol. The summed E-state index contributed by atoms with van der Waals surface area (Å²) in [4.78, 5) is 0. The summed E-state index contributed by atoms with van der Waals surface area (Å²) in [6.45, 7) is 9.30. The smallest absolute Gasteiger partial charge is 0.0273 e. The summed E-state index contributed by atoms with van der Waals surface area (Å²) in [6.07, 6.45) is 23.2. The zero-order valence-electron chi connectivity index (χ0n) is 19.2. The van der Waals surface area contributed by atoms with Gasteiger partial charge >= 0.3 is 0 Å². The van der Waals surface area contributed by atoms with Crippen molar-refractivity contribution in [2.24, 2.45) is 0 Å². The Balaban J connectivity index is 2.59. The van der Waals surface area contributed by atoms with Gasteiger partial charge < -0.3 is 0 Å². The van der Waals surface area contributed by atoms with Gasteiger partial charge in [-0.15, -0.1) is 0 Å². The van der Waals surface area contributed by atoms with Crippen LogP contribution in [-0.4, -0.2) is 0 Å². The topological polar surface area (TPSA) is 0 Å². The molecule has 0 bridgehead atoms. The standard InChI is InChI=1S/C27H48/c1-5-9-11-13-14-15-16-17-20-25-23-22-24(19-7-3)27(26(25)8-4)21-18-12-10-6-2/h22-23H,5-21H2,1-4H3. The van der Waals surface area contributed by atoms with Crippen LogP contribution >= 0.6 is 0 Å². The monoisotopic (exact) mass is 372 g/mol. The highest BCUT2D eigenvalue weighted by Crippen LogP contribution is 2.26. The number of unbranched alkanes of at least 4 members (excludes halogenated alkanes) is 10. The molecule has 0 spiro atoms. The van der Waals surface area contributed by atoms with E-state index in [1.807, 2.05) is 0 Å². The fraction of sp³-hybridized carbons (Fsp3) is 0.778. The van der Waals surface area contributed by atoms with E-state index in [0.29, 0.717) is 0 Å². The molecule has 156 valence electrons. The first-order valence-electron chi connectivity index (χ1n) is 12.4. The van der Waals surface area contributed by atoms with E-state index in [-0.39, 0.29) is 0 Å². The van der Waals surface area contributed by atoms with E-state index >= 15 is 0 Å². The van der Waals surface area contributed by atoms with Crippen LogP contribution in [-0.2, 0) is 25.7 Å². The Bertz CT molecular complexity index is 471. The molecule has 0 amide bonds. The molecule has 0 radical (unpaired) electrons. The largest absolute Gasteiger partial charge is 0.0654 e. The molecule has 0 aliphatic carbocycles. The number of benzene rings is 1. The molecule has 0 aromatic heterocycles. The van der Waals surface area contributed by atoms with E-state index in [4.69, 9.17) is 0 Å². The summed E-state index contributed by atoms with van der Waals surface area (Å²) in [5.74, 6) is 0. The minimum atomic E-state index is 1.22. The van der Waals surface area contributed by atoms with Gasteiger partial charge in [0.15, 0.2) is 0 Å². The van der Waals surface area contributed by atoms with Gasteiger partial charge in [0.2, 0.25) is 0 Å². The second-order valence-electron chi connectivity index (χ2n) is 8.48. The minimum absolute atomic E-state index is 1.22. The highest BCUT2D eigenvalue weighted by Gasteiger charge is 2.11. The van der Waals surface area contributed by atoms with Gasteiger partial charge in [-0.05, 0) is 60.8 Å².